The van der Waals surface area contributed by atoms with Crippen molar-refractivity contribution in [2.75, 3.05) is 19.8 Å². The zero-order chi connectivity index (χ0) is 28.9. The maximum atomic E-state index is 12.3. The van der Waals surface area contributed by atoms with Gasteiger partial charge in [0.15, 0.2) is 0 Å². The molecule has 8 heteroatoms. The summed E-state index contributed by atoms with van der Waals surface area (Å²) in [7, 11) is -4.63. The Kier molecular flexibility index (Phi) is 28.7. The van der Waals surface area contributed by atoms with Gasteiger partial charge in [0.1, 0.15) is 6.10 Å². The molecular formula is C31H63O7P. The lowest BCUT2D eigenvalue weighted by Crippen LogP contribution is -2.28. The number of phosphoric ester groups is 1. The zero-order valence-electron chi connectivity index (χ0n) is 25.6. The Balaban J connectivity index is 3.85. The molecule has 0 aromatic heterocycles. The number of carbonyl (C=O) groups excluding carboxylic acids is 1. The minimum Gasteiger partial charge on any atom is -0.457 e. The van der Waals surface area contributed by atoms with Gasteiger partial charge in [-0.15, -0.1) is 0 Å². The SMILES string of the molecule is CCCCCCCCCCCCCCOC[C@H](COP(=O)(O)O)OC(=O)CCCCCCCCCCCCC. The molecule has 0 bridgehead atoms. The van der Waals surface area contributed by atoms with E-state index in [9.17, 15) is 9.36 Å². The van der Waals surface area contributed by atoms with Gasteiger partial charge in [0, 0.05) is 13.0 Å². The summed E-state index contributed by atoms with van der Waals surface area (Å²) in [5.41, 5.74) is 0. The largest absolute Gasteiger partial charge is 0.469 e. The van der Waals surface area contributed by atoms with Crippen molar-refractivity contribution in [2.24, 2.45) is 0 Å². The predicted octanol–water partition coefficient (Wildman–Crippen LogP) is 9.43. The van der Waals surface area contributed by atoms with Gasteiger partial charge in [0.25, 0.3) is 0 Å². The van der Waals surface area contributed by atoms with Crippen molar-refractivity contribution in [1.29, 1.82) is 0 Å². The van der Waals surface area contributed by atoms with Crippen LogP contribution in [0, 0.1) is 0 Å². The van der Waals surface area contributed by atoms with Crippen LogP contribution in [0.1, 0.15) is 168 Å². The predicted molar refractivity (Wildman–Crippen MR) is 161 cm³/mol. The molecule has 234 valence electrons. The lowest BCUT2D eigenvalue weighted by atomic mass is 10.1. The van der Waals surface area contributed by atoms with Gasteiger partial charge >= 0.3 is 13.8 Å². The molecule has 0 unspecified atom stereocenters. The molecule has 0 aliphatic carbocycles. The molecule has 0 spiro atoms. The van der Waals surface area contributed by atoms with E-state index in [2.05, 4.69) is 18.4 Å². The highest BCUT2D eigenvalue weighted by Gasteiger charge is 2.21. The second-order valence-corrected chi connectivity index (χ2v) is 12.4. The average Bonchev–Trinajstić information content (AvgIpc) is 2.90. The summed E-state index contributed by atoms with van der Waals surface area (Å²) >= 11 is 0. The molecule has 39 heavy (non-hydrogen) atoms. The van der Waals surface area contributed by atoms with Gasteiger partial charge in [0.2, 0.25) is 0 Å². The third-order valence-corrected chi connectivity index (χ3v) is 7.64. The van der Waals surface area contributed by atoms with Gasteiger partial charge in [-0.3, -0.25) is 9.32 Å². The van der Waals surface area contributed by atoms with Crippen LogP contribution in [-0.2, 0) is 23.4 Å². The zero-order valence-corrected chi connectivity index (χ0v) is 26.4. The molecule has 0 rings (SSSR count). The van der Waals surface area contributed by atoms with E-state index in [4.69, 9.17) is 19.3 Å². The van der Waals surface area contributed by atoms with Gasteiger partial charge < -0.3 is 19.3 Å². The first-order chi connectivity index (χ1) is 18.9. The fraction of sp³-hybridized carbons (Fsp3) is 0.968. The van der Waals surface area contributed by atoms with Gasteiger partial charge in [-0.05, 0) is 12.8 Å². The molecule has 1 atom stereocenters. The Morgan fingerprint density at radius 2 is 0.974 bits per heavy atom. The Morgan fingerprint density at radius 3 is 1.38 bits per heavy atom. The van der Waals surface area contributed by atoms with E-state index in [1.807, 2.05) is 0 Å². The summed E-state index contributed by atoms with van der Waals surface area (Å²) in [5.74, 6) is -0.362. The highest BCUT2D eigenvalue weighted by molar-refractivity contribution is 7.46. The van der Waals surface area contributed by atoms with Gasteiger partial charge in [-0.1, -0.05) is 149 Å². The number of rotatable bonds is 31. The van der Waals surface area contributed by atoms with E-state index in [-0.39, 0.29) is 19.2 Å². The second kappa shape index (κ2) is 29.0. The Morgan fingerprint density at radius 1 is 0.590 bits per heavy atom. The van der Waals surface area contributed by atoms with Crippen molar-refractivity contribution in [1.82, 2.24) is 0 Å². The lowest BCUT2D eigenvalue weighted by Gasteiger charge is -2.18. The first kappa shape index (κ1) is 38.5. The van der Waals surface area contributed by atoms with E-state index in [0.717, 1.165) is 32.1 Å². The summed E-state index contributed by atoms with van der Waals surface area (Å²) in [4.78, 5) is 30.3. The van der Waals surface area contributed by atoms with Crippen molar-refractivity contribution >= 4 is 13.8 Å². The van der Waals surface area contributed by atoms with Crippen LogP contribution in [0.3, 0.4) is 0 Å². The molecule has 0 saturated heterocycles. The van der Waals surface area contributed by atoms with Crippen LogP contribution in [0.4, 0.5) is 0 Å². The maximum absolute atomic E-state index is 12.3. The number of hydrogen-bond acceptors (Lipinski definition) is 5. The standard InChI is InChI=1S/C31H63O7P/c1-3-5-7-9-11-13-15-17-19-21-23-25-27-36-28-30(29-37-39(33,34)35)38-31(32)26-24-22-20-18-16-14-12-10-8-6-4-2/h30H,3-29H2,1-2H3,(H2,33,34,35)/t30-/m1/s1. The number of ether oxygens (including phenoxy) is 2. The van der Waals surface area contributed by atoms with Crippen LogP contribution in [0.15, 0.2) is 0 Å². The number of phosphoric acid groups is 1. The van der Waals surface area contributed by atoms with Crippen LogP contribution in [0.25, 0.3) is 0 Å². The van der Waals surface area contributed by atoms with Crippen molar-refractivity contribution < 1.29 is 33.1 Å². The molecule has 0 aromatic carbocycles. The van der Waals surface area contributed by atoms with Crippen molar-refractivity contribution in [3.8, 4) is 0 Å². The molecular weight excluding hydrogens is 515 g/mol. The van der Waals surface area contributed by atoms with E-state index in [0.29, 0.717) is 13.0 Å². The molecule has 0 amide bonds. The molecule has 0 aliphatic rings. The molecule has 2 N–H and O–H groups in total. The molecule has 0 heterocycles. The summed E-state index contributed by atoms with van der Waals surface area (Å²) in [6.07, 6.45) is 28.0. The summed E-state index contributed by atoms with van der Waals surface area (Å²) in [5, 5.41) is 0. The Bertz CT molecular complexity index is 567. The number of carbonyl (C=O) groups is 1. The highest BCUT2D eigenvalue weighted by atomic mass is 31.2. The van der Waals surface area contributed by atoms with Crippen molar-refractivity contribution in [3.05, 3.63) is 0 Å². The first-order valence-electron chi connectivity index (χ1n) is 16.4. The molecule has 0 radical (unpaired) electrons. The summed E-state index contributed by atoms with van der Waals surface area (Å²) in [6, 6.07) is 0. The summed E-state index contributed by atoms with van der Waals surface area (Å²) < 4.78 is 26.8. The molecule has 0 aliphatic heterocycles. The van der Waals surface area contributed by atoms with E-state index >= 15 is 0 Å². The molecule has 0 aromatic rings. The second-order valence-electron chi connectivity index (χ2n) is 11.1. The quantitative estimate of drug-likeness (QED) is 0.0480. The number of hydrogen-bond donors (Lipinski definition) is 2. The Hall–Kier alpha value is -0.460. The Labute approximate surface area is 240 Å². The average molecular weight is 579 g/mol. The maximum Gasteiger partial charge on any atom is 0.469 e. The van der Waals surface area contributed by atoms with Crippen LogP contribution in [0.2, 0.25) is 0 Å². The number of unbranched alkanes of at least 4 members (excludes halogenated alkanes) is 21. The van der Waals surface area contributed by atoms with Crippen molar-refractivity contribution in [3.63, 3.8) is 0 Å². The monoisotopic (exact) mass is 578 g/mol. The highest BCUT2D eigenvalue weighted by Crippen LogP contribution is 2.35. The third kappa shape index (κ3) is 31.9. The lowest BCUT2D eigenvalue weighted by molar-refractivity contribution is -0.154. The topological polar surface area (TPSA) is 102 Å². The van der Waals surface area contributed by atoms with Gasteiger partial charge in [-0.25, -0.2) is 4.57 Å². The molecule has 7 nitrogen and oxygen atoms in total. The van der Waals surface area contributed by atoms with Crippen LogP contribution in [0.5, 0.6) is 0 Å². The third-order valence-electron chi connectivity index (χ3n) is 7.16. The van der Waals surface area contributed by atoms with Gasteiger partial charge in [0.05, 0.1) is 13.2 Å². The van der Waals surface area contributed by atoms with E-state index < -0.39 is 13.9 Å². The van der Waals surface area contributed by atoms with Gasteiger partial charge in [-0.2, -0.15) is 0 Å². The smallest absolute Gasteiger partial charge is 0.457 e. The fourth-order valence-electron chi connectivity index (χ4n) is 4.73. The fourth-order valence-corrected chi connectivity index (χ4v) is 5.10. The van der Waals surface area contributed by atoms with Crippen LogP contribution in [-0.4, -0.2) is 41.7 Å². The summed E-state index contributed by atoms with van der Waals surface area (Å²) in [6.45, 7) is 4.75. The first-order valence-corrected chi connectivity index (χ1v) is 17.9. The minimum atomic E-state index is -4.63. The molecule has 0 fully saturated rings. The van der Waals surface area contributed by atoms with E-state index in [1.165, 1.54) is 116 Å². The minimum absolute atomic E-state index is 0.0853. The van der Waals surface area contributed by atoms with E-state index in [1.54, 1.807) is 0 Å². The van der Waals surface area contributed by atoms with Crippen LogP contribution < -0.4 is 0 Å². The molecule has 0 saturated carbocycles. The normalized spacial score (nSPS) is 12.6. The van der Waals surface area contributed by atoms with Crippen molar-refractivity contribution in [2.45, 2.75) is 174 Å². The van der Waals surface area contributed by atoms with Crippen LogP contribution >= 0.6 is 7.82 Å². The number of esters is 1.